The summed E-state index contributed by atoms with van der Waals surface area (Å²) >= 11 is 1.93. The number of nitrogens with one attached hydrogen (secondary N) is 1. The van der Waals surface area contributed by atoms with Gasteiger partial charge in [-0.05, 0) is 25.0 Å². The fraction of sp³-hybridized carbons (Fsp3) is 1.00. The van der Waals surface area contributed by atoms with Gasteiger partial charge in [-0.25, -0.2) is 0 Å². The van der Waals surface area contributed by atoms with Gasteiger partial charge >= 0.3 is 0 Å². The molecule has 1 aliphatic carbocycles. The van der Waals surface area contributed by atoms with Crippen molar-refractivity contribution in [2.24, 2.45) is 11.3 Å². The lowest BCUT2D eigenvalue weighted by Gasteiger charge is -2.60. The van der Waals surface area contributed by atoms with Gasteiger partial charge in [0.05, 0.1) is 6.10 Å². The molecule has 18 heavy (non-hydrogen) atoms. The third-order valence-electron chi connectivity index (χ3n) is 4.39. The molecule has 3 atom stereocenters. The number of rotatable bonds is 7. The third-order valence-corrected chi connectivity index (χ3v) is 5.46. The van der Waals surface area contributed by atoms with Crippen LogP contribution in [0.2, 0.25) is 0 Å². The maximum atomic E-state index is 8.71. The lowest BCUT2D eigenvalue weighted by atomic mass is 9.55. The van der Waals surface area contributed by atoms with E-state index in [1.807, 2.05) is 11.8 Å². The first-order valence-electron chi connectivity index (χ1n) is 7.21. The molecule has 2 rings (SSSR count). The molecule has 0 aromatic heterocycles. The molecule has 2 N–H and O–H groups in total. The van der Waals surface area contributed by atoms with Crippen LogP contribution in [0.1, 0.15) is 33.1 Å². The smallest absolute Gasteiger partial charge is 0.0684 e. The largest absolute Gasteiger partial charge is 0.396 e. The molecule has 2 aliphatic rings. The maximum absolute atomic E-state index is 8.71. The second kappa shape index (κ2) is 6.60. The predicted molar refractivity (Wildman–Crippen MR) is 77.1 cm³/mol. The van der Waals surface area contributed by atoms with Crippen molar-refractivity contribution in [3.63, 3.8) is 0 Å². The summed E-state index contributed by atoms with van der Waals surface area (Å²) in [6.07, 6.45) is 3.94. The Balaban J connectivity index is 1.66. The Morgan fingerprint density at radius 2 is 2.22 bits per heavy atom. The standard InChI is InChI=1S/C14H27NO2S/c1-14(2)12(11-5-3-8-17-13(11)14)15-6-10-18-9-4-7-16/h11-13,15-16H,3-10H2,1-2H3. The number of hydrogen-bond donors (Lipinski definition) is 2. The van der Waals surface area contributed by atoms with Crippen molar-refractivity contribution in [3.8, 4) is 0 Å². The zero-order valence-corrected chi connectivity index (χ0v) is 12.5. The predicted octanol–water partition coefficient (Wildman–Crippen LogP) is 1.90. The van der Waals surface area contributed by atoms with Gasteiger partial charge in [0.15, 0.2) is 0 Å². The van der Waals surface area contributed by atoms with Crippen molar-refractivity contribution in [2.45, 2.75) is 45.3 Å². The zero-order chi connectivity index (χ0) is 13.0. The Morgan fingerprint density at radius 1 is 1.39 bits per heavy atom. The van der Waals surface area contributed by atoms with Crippen LogP contribution in [0.5, 0.6) is 0 Å². The Kier molecular flexibility index (Phi) is 5.36. The lowest BCUT2D eigenvalue weighted by molar-refractivity contribution is -0.192. The average molecular weight is 273 g/mol. The van der Waals surface area contributed by atoms with Gasteiger partial charge in [-0.3, -0.25) is 0 Å². The second-order valence-electron chi connectivity index (χ2n) is 6.04. The molecule has 2 fully saturated rings. The molecule has 0 aromatic rings. The van der Waals surface area contributed by atoms with Gasteiger partial charge in [-0.1, -0.05) is 13.8 Å². The van der Waals surface area contributed by atoms with Gasteiger partial charge in [0.1, 0.15) is 0 Å². The molecule has 4 heteroatoms. The van der Waals surface area contributed by atoms with E-state index >= 15 is 0 Å². The first-order chi connectivity index (χ1) is 8.68. The van der Waals surface area contributed by atoms with Crippen LogP contribution in [0.4, 0.5) is 0 Å². The number of thioether (sulfide) groups is 1. The highest BCUT2D eigenvalue weighted by atomic mass is 32.2. The fourth-order valence-corrected chi connectivity index (χ4v) is 4.29. The van der Waals surface area contributed by atoms with Crippen LogP contribution < -0.4 is 5.32 Å². The van der Waals surface area contributed by atoms with E-state index in [1.165, 1.54) is 12.8 Å². The number of aliphatic hydroxyl groups is 1. The summed E-state index contributed by atoms with van der Waals surface area (Å²) in [4.78, 5) is 0. The van der Waals surface area contributed by atoms with Crippen LogP contribution in [0.3, 0.4) is 0 Å². The summed E-state index contributed by atoms with van der Waals surface area (Å²) in [6, 6.07) is 0.626. The number of ether oxygens (including phenoxy) is 1. The highest BCUT2D eigenvalue weighted by Gasteiger charge is 2.57. The quantitative estimate of drug-likeness (QED) is 0.695. The second-order valence-corrected chi connectivity index (χ2v) is 7.26. The highest BCUT2D eigenvalue weighted by Crippen LogP contribution is 2.51. The summed E-state index contributed by atoms with van der Waals surface area (Å²) < 4.78 is 5.91. The van der Waals surface area contributed by atoms with Gasteiger partial charge < -0.3 is 15.2 Å². The molecule has 0 aromatic carbocycles. The van der Waals surface area contributed by atoms with Crippen LogP contribution in [-0.2, 0) is 4.74 Å². The Labute approximate surface area is 115 Å². The SMILES string of the molecule is CC1(C)C(NCCSCCCO)C2CCCOC21. The van der Waals surface area contributed by atoms with Crippen LogP contribution in [0, 0.1) is 11.3 Å². The molecular formula is C14H27NO2S. The van der Waals surface area contributed by atoms with Crippen molar-refractivity contribution < 1.29 is 9.84 Å². The maximum Gasteiger partial charge on any atom is 0.0684 e. The first kappa shape index (κ1) is 14.6. The van der Waals surface area contributed by atoms with Crippen molar-refractivity contribution in [1.82, 2.24) is 5.32 Å². The molecule has 106 valence electrons. The van der Waals surface area contributed by atoms with Gasteiger partial charge in [-0.2, -0.15) is 11.8 Å². The van der Waals surface area contributed by atoms with Crippen molar-refractivity contribution >= 4 is 11.8 Å². The average Bonchev–Trinajstić information content (AvgIpc) is 2.37. The monoisotopic (exact) mass is 273 g/mol. The molecule has 0 bridgehead atoms. The van der Waals surface area contributed by atoms with E-state index in [2.05, 4.69) is 19.2 Å². The molecule has 0 radical (unpaired) electrons. The molecule has 1 saturated heterocycles. The van der Waals surface area contributed by atoms with E-state index in [0.29, 0.717) is 24.2 Å². The first-order valence-corrected chi connectivity index (χ1v) is 8.37. The zero-order valence-electron chi connectivity index (χ0n) is 11.7. The van der Waals surface area contributed by atoms with E-state index in [1.54, 1.807) is 0 Å². The van der Waals surface area contributed by atoms with E-state index in [9.17, 15) is 0 Å². The third kappa shape index (κ3) is 3.03. The van der Waals surface area contributed by atoms with Crippen molar-refractivity contribution in [1.29, 1.82) is 0 Å². The molecule has 0 spiro atoms. The number of aliphatic hydroxyl groups excluding tert-OH is 1. The highest BCUT2D eigenvalue weighted by molar-refractivity contribution is 7.99. The topological polar surface area (TPSA) is 41.5 Å². The molecule has 1 aliphatic heterocycles. The van der Waals surface area contributed by atoms with Gasteiger partial charge in [0.25, 0.3) is 0 Å². The van der Waals surface area contributed by atoms with E-state index in [4.69, 9.17) is 9.84 Å². The molecular weight excluding hydrogens is 246 g/mol. The fourth-order valence-electron chi connectivity index (χ4n) is 3.49. The van der Waals surface area contributed by atoms with Crippen molar-refractivity contribution in [2.75, 3.05) is 31.3 Å². The summed E-state index contributed by atoms with van der Waals surface area (Å²) in [6.45, 7) is 7.00. The molecule has 3 nitrogen and oxygen atoms in total. The summed E-state index contributed by atoms with van der Waals surface area (Å²) in [5.74, 6) is 2.95. The van der Waals surface area contributed by atoms with Crippen molar-refractivity contribution in [3.05, 3.63) is 0 Å². The van der Waals surface area contributed by atoms with E-state index < -0.39 is 0 Å². The van der Waals surface area contributed by atoms with E-state index in [-0.39, 0.29) is 0 Å². The Bertz CT molecular complexity index is 260. The Hall–Kier alpha value is 0.230. The Morgan fingerprint density at radius 3 is 3.00 bits per heavy atom. The number of hydrogen-bond acceptors (Lipinski definition) is 4. The minimum Gasteiger partial charge on any atom is -0.396 e. The van der Waals surface area contributed by atoms with Crippen LogP contribution in [0.15, 0.2) is 0 Å². The van der Waals surface area contributed by atoms with Gasteiger partial charge in [0.2, 0.25) is 0 Å². The van der Waals surface area contributed by atoms with Gasteiger partial charge in [-0.15, -0.1) is 0 Å². The molecule has 1 heterocycles. The lowest BCUT2D eigenvalue weighted by Crippen LogP contribution is -2.69. The van der Waals surface area contributed by atoms with Crippen LogP contribution in [0.25, 0.3) is 0 Å². The van der Waals surface area contributed by atoms with Crippen LogP contribution >= 0.6 is 11.8 Å². The minimum absolute atomic E-state index is 0.293. The molecule has 0 amide bonds. The van der Waals surface area contributed by atoms with E-state index in [0.717, 1.165) is 37.0 Å². The summed E-state index contributed by atoms with van der Waals surface area (Å²) in [5, 5.41) is 12.4. The number of fused-ring (bicyclic) bond motifs is 1. The van der Waals surface area contributed by atoms with Gasteiger partial charge in [0, 0.05) is 42.9 Å². The van der Waals surface area contributed by atoms with Crippen LogP contribution in [-0.4, -0.2) is 48.5 Å². The normalized spacial score (nSPS) is 33.8. The molecule has 3 unspecified atom stereocenters. The summed E-state index contributed by atoms with van der Waals surface area (Å²) in [7, 11) is 0. The molecule has 1 saturated carbocycles. The minimum atomic E-state index is 0.293. The summed E-state index contributed by atoms with van der Waals surface area (Å²) in [5.41, 5.74) is 0.293.